The van der Waals surface area contributed by atoms with Crippen molar-refractivity contribution in [2.75, 3.05) is 0 Å². The summed E-state index contributed by atoms with van der Waals surface area (Å²) in [7, 11) is 0. The molecule has 1 N–H and O–H groups in total. The molecule has 120 valence electrons. The van der Waals surface area contributed by atoms with Gasteiger partial charge in [0.15, 0.2) is 0 Å². The van der Waals surface area contributed by atoms with Crippen LogP contribution in [0.15, 0.2) is 41.4 Å². The maximum atomic E-state index is 11.2. The summed E-state index contributed by atoms with van der Waals surface area (Å²) >= 11 is 0. The topological polar surface area (TPSA) is 58.1 Å². The van der Waals surface area contributed by atoms with Gasteiger partial charge in [0, 0.05) is 30.1 Å². The number of ketones is 1. The second-order valence-corrected chi connectivity index (χ2v) is 6.44. The standard InChI is InChI=1S/C20H19N3O/c1-13(24)2-3-14-5-7-19-18(9-14)20(23-22-19)10-15-4-6-16-11-21-12-17(16)8-15/h4-9,12H,2-3,10-11H2,1H3,(H,22,23). The summed E-state index contributed by atoms with van der Waals surface area (Å²) < 4.78 is 0. The van der Waals surface area contributed by atoms with E-state index in [9.17, 15) is 4.79 Å². The number of nitrogens with one attached hydrogen (secondary N) is 1. The first-order valence-corrected chi connectivity index (χ1v) is 8.26. The minimum Gasteiger partial charge on any atom is -0.300 e. The minimum absolute atomic E-state index is 0.224. The number of carbonyl (C=O) groups is 1. The molecule has 0 aliphatic carbocycles. The lowest BCUT2D eigenvalue weighted by Crippen LogP contribution is -1.95. The highest BCUT2D eigenvalue weighted by Gasteiger charge is 2.10. The molecule has 0 amide bonds. The molecule has 0 unspecified atom stereocenters. The van der Waals surface area contributed by atoms with Gasteiger partial charge in [-0.1, -0.05) is 18.2 Å². The molecule has 24 heavy (non-hydrogen) atoms. The quantitative estimate of drug-likeness (QED) is 0.781. The first-order chi connectivity index (χ1) is 11.7. The molecule has 1 aromatic heterocycles. The van der Waals surface area contributed by atoms with Gasteiger partial charge in [0.2, 0.25) is 0 Å². The molecule has 0 bridgehead atoms. The second kappa shape index (κ2) is 6.04. The second-order valence-electron chi connectivity index (χ2n) is 6.44. The molecule has 0 radical (unpaired) electrons. The number of aliphatic imine (C=N–C) groups is 1. The fourth-order valence-corrected chi connectivity index (χ4v) is 3.19. The van der Waals surface area contributed by atoms with Crippen LogP contribution in [0, 0.1) is 0 Å². The van der Waals surface area contributed by atoms with Crippen LogP contribution in [-0.2, 0) is 24.2 Å². The lowest BCUT2D eigenvalue weighted by Gasteiger charge is -2.04. The highest BCUT2D eigenvalue weighted by molar-refractivity contribution is 5.85. The van der Waals surface area contributed by atoms with Crippen LogP contribution in [-0.4, -0.2) is 22.2 Å². The Labute approximate surface area is 140 Å². The van der Waals surface area contributed by atoms with Crippen molar-refractivity contribution in [1.82, 2.24) is 10.2 Å². The van der Waals surface area contributed by atoms with Crippen molar-refractivity contribution in [3.8, 4) is 0 Å². The minimum atomic E-state index is 0.224. The van der Waals surface area contributed by atoms with E-state index < -0.39 is 0 Å². The Hall–Kier alpha value is -2.75. The van der Waals surface area contributed by atoms with Gasteiger partial charge in [-0.15, -0.1) is 0 Å². The Balaban J connectivity index is 1.62. The fourth-order valence-electron chi connectivity index (χ4n) is 3.19. The molecule has 2 heterocycles. The molecule has 4 nitrogen and oxygen atoms in total. The summed E-state index contributed by atoms with van der Waals surface area (Å²) in [4.78, 5) is 15.5. The molecule has 1 aliphatic heterocycles. The molecule has 1 aliphatic rings. The first kappa shape index (κ1) is 14.8. The average Bonchev–Trinajstić information content (AvgIpc) is 3.19. The molecular weight excluding hydrogens is 298 g/mol. The number of benzene rings is 2. The first-order valence-electron chi connectivity index (χ1n) is 8.26. The molecule has 2 aromatic carbocycles. The van der Waals surface area contributed by atoms with Gasteiger partial charge >= 0.3 is 0 Å². The van der Waals surface area contributed by atoms with Crippen LogP contribution >= 0.6 is 0 Å². The van der Waals surface area contributed by atoms with Gasteiger partial charge in [0.05, 0.1) is 12.1 Å². The molecule has 4 rings (SSSR count). The number of Topliss-reactive ketones (excluding diaryl/α,β-unsaturated/α-hetero) is 1. The third-order valence-corrected chi connectivity index (χ3v) is 4.55. The van der Waals surface area contributed by atoms with Crippen molar-refractivity contribution in [3.05, 3.63) is 64.3 Å². The van der Waals surface area contributed by atoms with Crippen molar-refractivity contribution in [1.29, 1.82) is 0 Å². The number of hydrogen-bond acceptors (Lipinski definition) is 3. The third kappa shape index (κ3) is 2.87. The number of aromatic amines is 1. The van der Waals surface area contributed by atoms with Crippen molar-refractivity contribution >= 4 is 22.9 Å². The Morgan fingerprint density at radius 3 is 2.92 bits per heavy atom. The highest BCUT2D eigenvalue weighted by atomic mass is 16.1. The lowest BCUT2D eigenvalue weighted by atomic mass is 10.0. The summed E-state index contributed by atoms with van der Waals surface area (Å²) in [5.74, 6) is 0.224. The number of aryl methyl sites for hydroxylation is 1. The summed E-state index contributed by atoms with van der Waals surface area (Å²) in [6.07, 6.45) is 4.13. The summed E-state index contributed by atoms with van der Waals surface area (Å²) in [5.41, 5.74) is 7.03. The van der Waals surface area contributed by atoms with E-state index in [0.717, 1.165) is 36.0 Å². The molecule has 4 heteroatoms. The monoisotopic (exact) mass is 317 g/mol. The highest BCUT2D eigenvalue weighted by Crippen LogP contribution is 2.23. The number of fused-ring (bicyclic) bond motifs is 2. The maximum Gasteiger partial charge on any atom is 0.130 e. The van der Waals surface area contributed by atoms with Gasteiger partial charge in [-0.2, -0.15) is 5.10 Å². The van der Waals surface area contributed by atoms with Crippen molar-refractivity contribution in [2.45, 2.75) is 32.7 Å². The Morgan fingerprint density at radius 2 is 2.04 bits per heavy atom. The van der Waals surface area contributed by atoms with Crippen LogP contribution in [0.4, 0.5) is 0 Å². The third-order valence-electron chi connectivity index (χ3n) is 4.55. The molecular formula is C20H19N3O. The predicted molar refractivity (Wildman–Crippen MR) is 95.6 cm³/mol. The van der Waals surface area contributed by atoms with E-state index in [2.05, 4.69) is 45.5 Å². The SMILES string of the molecule is CC(=O)CCc1ccc2n[nH]c(Cc3ccc4c(c3)C=NC4)c2c1. The van der Waals surface area contributed by atoms with Crippen LogP contribution in [0.2, 0.25) is 0 Å². The van der Waals surface area contributed by atoms with Crippen LogP contribution < -0.4 is 0 Å². The average molecular weight is 317 g/mol. The number of aromatic nitrogens is 2. The van der Waals surface area contributed by atoms with E-state index in [1.807, 2.05) is 12.3 Å². The smallest absolute Gasteiger partial charge is 0.130 e. The zero-order chi connectivity index (χ0) is 16.5. The predicted octanol–water partition coefficient (Wildman–Crippen LogP) is 3.61. The van der Waals surface area contributed by atoms with Crippen LogP contribution in [0.25, 0.3) is 10.9 Å². The molecule has 0 saturated carbocycles. The number of carbonyl (C=O) groups excluding carboxylic acids is 1. The normalized spacial score (nSPS) is 12.7. The number of rotatable bonds is 5. The van der Waals surface area contributed by atoms with Gasteiger partial charge in [0.25, 0.3) is 0 Å². The van der Waals surface area contributed by atoms with E-state index in [-0.39, 0.29) is 5.78 Å². The Kier molecular flexibility index (Phi) is 3.73. The lowest BCUT2D eigenvalue weighted by molar-refractivity contribution is -0.116. The molecule has 0 saturated heterocycles. The van der Waals surface area contributed by atoms with E-state index in [1.165, 1.54) is 22.3 Å². The molecule has 3 aromatic rings. The van der Waals surface area contributed by atoms with E-state index in [0.29, 0.717) is 6.42 Å². The van der Waals surface area contributed by atoms with Gasteiger partial charge in [-0.3, -0.25) is 10.1 Å². The molecule has 0 atom stereocenters. The number of hydrogen-bond donors (Lipinski definition) is 1. The fraction of sp³-hybridized carbons (Fsp3) is 0.250. The van der Waals surface area contributed by atoms with Gasteiger partial charge < -0.3 is 4.79 Å². The Morgan fingerprint density at radius 1 is 1.17 bits per heavy atom. The van der Waals surface area contributed by atoms with E-state index in [1.54, 1.807) is 6.92 Å². The van der Waals surface area contributed by atoms with Gasteiger partial charge in [-0.05, 0) is 53.8 Å². The maximum absolute atomic E-state index is 11.2. The largest absolute Gasteiger partial charge is 0.300 e. The van der Waals surface area contributed by atoms with Crippen LogP contribution in [0.1, 0.15) is 41.3 Å². The molecule has 0 fully saturated rings. The van der Waals surface area contributed by atoms with Crippen molar-refractivity contribution in [3.63, 3.8) is 0 Å². The summed E-state index contributed by atoms with van der Waals surface area (Å²) in [6, 6.07) is 12.8. The summed E-state index contributed by atoms with van der Waals surface area (Å²) in [6.45, 7) is 2.43. The van der Waals surface area contributed by atoms with Gasteiger partial charge in [0.1, 0.15) is 5.78 Å². The van der Waals surface area contributed by atoms with Crippen molar-refractivity contribution in [2.24, 2.45) is 4.99 Å². The van der Waals surface area contributed by atoms with Crippen molar-refractivity contribution < 1.29 is 4.79 Å². The Bertz CT molecular complexity index is 953. The molecule has 0 spiro atoms. The van der Waals surface area contributed by atoms with E-state index >= 15 is 0 Å². The number of nitrogens with zero attached hydrogens (tertiary/aromatic N) is 2. The number of H-pyrrole nitrogens is 1. The van der Waals surface area contributed by atoms with Crippen LogP contribution in [0.3, 0.4) is 0 Å². The van der Waals surface area contributed by atoms with Crippen LogP contribution in [0.5, 0.6) is 0 Å². The van der Waals surface area contributed by atoms with Gasteiger partial charge in [-0.25, -0.2) is 0 Å². The summed E-state index contributed by atoms with van der Waals surface area (Å²) in [5, 5.41) is 8.72. The van der Waals surface area contributed by atoms with E-state index in [4.69, 9.17) is 0 Å². The zero-order valence-electron chi connectivity index (χ0n) is 13.7. The zero-order valence-corrected chi connectivity index (χ0v) is 13.7.